The van der Waals surface area contributed by atoms with E-state index >= 15 is 14.4 Å². The normalized spacial score (nSPS) is 26.7. The molecule has 0 aromatic carbocycles. The van der Waals surface area contributed by atoms with E-state index in [1.807, 2.05) is 0 Å². The molecule has 0 radical (unpaired) electrons. The molecule has 1 aliphatic carbocycles. The fraction of sp³-hybridized carbons (Fsp3) is 0.438. The number of pyridine rings is 1. The molecule has 612 valence electrons. The van der Waals surface area contributed by atoms with Crippen molar-refractivity contribution < 1.29 is 92.5 Å². The quantitative estimate of drug-likeness (QED) is 0.0621. The highest BCUT2D eigenvalue weighted by Crippen LogP contribution is 2.48. The second-order valence-corrected chi connectivity index (χ2v) is 32.4. The Morgan fingerprint density at radius 3 is 2.13 bits per heavy atom. The zero-order chi connectivity index (χ0) is 84.1. The van der Waals surface area contributed by atoms with Crippen molar-refractivity contribution in [3.63, 3.8) is 0 Å². The maximum atomic E-state index is 15.4. The van der Waals surface area contributed by atoms with Gasteiger partial charge in [0.15, 0.2) is 0 Å². The van der Waals surface area contributed by atoms with Gasteiger partial charge in [-0.3, -0.25) is 63.2 Å². The maximum absolute atomic E-state index is 15.4. The molecular formula is C73H86N18O19S5. The largest absolute Gasteiger partial charge is 0.464 e. The molecule has 10 amide bonds. The van der Waals surface area contributed by atoms with E-state index in [4.69, 9.17) is 19.7 Å². The molecule has 10 rings (SSSR count). The Morgan fingerprint density at radius 1 is 0.765 bits per heavy atom. The minimum Gasteiger partial charge on any atom is -0.464 e. The molecule has 37 nitrogen and oxygen atoms in total. The van der Waals surface area contributed by atoms with E-state index in [-0.39, 0.29) is 94.7 Å². The number of hydrogen-bond donors (Lipinski definition) is 16. The molecule has 9 heterocycles. The van der Waals surface area contributed by atoms with Crippen molar-refractivity contribution >= 4 is 145 Å². The van der Waals surface area contributed by atoms with Crippen LogP contribution in [0.4, 0.5) is 0 Å². The van der Waals surface area contributed by atoms with Crippen LogP contribution in [0.1, 0.15) is 203 Å². The summed E-state index contributed by atoms with van der Waals surface area (Å²) >= 11 is 4.43. The molecule has 115 heavy (non-hydrogen) atoms. The third kappa shape index (κ3) is 19.0. The summed E-state index contributed by atoms with van der Waals surface area (Å²) in [6, 6.07) is -11.6. The minimum atomic E-state index is -2.21. The third-order valence-electron chi connectivity index (χ3n) is 19.6. The Bertz CT molecular complexity index is 4900. The molecule has 5 aromatic heterocycles. The van der Waals surface area contributed by atoms with Crippen LogP contribution in [0.15, 0.2) is 92.2 Å². The standard InChI is InChI=1S/C73H86N18O19S5/c1-15-27(3)48-63(104)77-30(6)56(97)74-28(4)55(96)75-31(7)58(99)91-73-20-19-41(66-85-44(23-112-66)59(100)76-29(5)57(98)78-32(8)69(106)109-14)81-53(73)43-22-113-67(83-43)50(35(11)110-70(107)42-21-38(33(9)92)37-17-18-40(79-48)52(95)51(37)80-42)89-60(101)45-25-114-68(86-45)54(72(13,108)36(12)94)90-62(103)46-24-111-65(84-46)39(16-2)82-64(105)49(34(10)93)88-61(102)47-26-115-71(73)87-47/h16-18,21-23,25-27,30-31,33-36,40,46,48-50,52-54,79,92-95,108H,4-5,8,15,19-20,24H2,1-3,6-7,9-14H3,(H,74,97)(H,75,96)(H,76,100)(H,77,104)(H,78,98)(H,82,105)(H,88,102)(H,89,101)(H,90,103)(H,91,99)/b39-16+/t27-,30+,31+,33-,34+,35+,36-,40+,46+,48?,49-,50-,52?,53?,54+,72+,73+/m0/s1. The number of aromatic nitrogens is 5. The van der Waals surface area contributed by atoms with Gasteiger partial charge in [-0.15, -0.1) is 57.1 Å². The summed E-state index contributed by atoms with van der Waals surface area (Å²) in [5.74, 6) is -12.1. The summed E-state index contributed by atoms with van der Waals surface area (Å²) in [7, 11) is 1.06. The summed E-state index contributed by atoms with van der Waals surface area (Å²) in [4.78, 5) is 204. The van der Waals surface area contributed by atoms with Crippen molar-refractivity contribution in [3.05, 3.63) is 148 Å². The van der Waals surface area contributed by atoms with Gasteiger partial charge in [-0.25, -0.2) is 34.5 Å². The molecule has 5 aromatic rings. The lowest BCUT2D eigenvalue weighted by molar-refractivity contribution is -0.137. The van der Waals surface area contributed by atoms with Crippen LogP contribution in [-0.2, 0) is 53.4 Å². The highest BCUT2D eigenvalue weighted by molar-refractivity contribution is 8.14. The van der Waals surface area contributed by atoms with Crippen molar-refractivity contribution in [1.29, 1.82) is 0 Å². The number of allylic oxidation sites excluding steroid dienone is 1. The number of aliphatic hydroxyl groups excluding tert-OH is 4. The Kier molecular flexibility index (Phi) is 27.3. The second-order valence-electron chi connectivity index (χ2n) is 27.9. The lowest BCUT2D eigenvalue weighted by Crippen LogP contribution is -2.57. The molecule has 13 bridgehead atoms. The number of nitrogens with zero attached hydrogens (tertiary/aromatic N) is 7. The first-order chi connectivity index (χ1) is 54.3. The number of cyclic esters (lactones) is 1. The lowest BCUT2D eigenvalue weighted by Gasteiger charge is -2.41. The van der Waals surface area contributed by atoms with Gasteiger partial charge in [0.2, 0.25) is 29.5 Å². The van der Waals surface area contributed by atoms with Gasteiger partial charge in [-0.2, -0.15) is 0 Å². The molecule has 5 aliphatic rings. The summed E-state index contributed by atoms with van der Waals surface area (Å²) < 4.78 is 10.9. The van der Waals surface area contributed by atoms with Crippen molar-refractivity contribution in [2.75, 3.05) is 12.9 Å². The number of carbonyl (C=O) groups is 12. The summed E-state index contributed by atoms with van der Waals surface area (Å²) in [6.07, 6.45) is -3.18. The number of rotatable bonds is 12. The molecule has 0 fully saturated rings. The van der Waals surface area contributed by atoms with Gasteiger partial charge in [-0.05, 0) is 85.8 Å². The molecule has 0 saturated heterocycles. The predicted molar refractivity (Wildman–Crippen MR) is 421 cm³/mol. The number of aliphatic hydroxyl groups is 5. The molecule has 17 atom stereocenters. The number of hydrogen-bond acceptors (Lipinski definition) is 32. The first kappa shape index (κ1) is 86.9. The van der Waals surface area contributed by atoms with E-state index in [0.717, 1.165) is 64.2 Å². The van der Waals surface area contributed by atoms with Crippen molar-refractivity contribution in [3.8, 4) is 0 Å². The average Bonchev–Trinajstić information content (AvgIpc) is 1.68. The van der Waals surface area contributed by atoms with Gasteiger partial charge in [-0.1, -0.05) is 58.2 Å². The number of thioether (sulfide) groups is 1. The van der Waals surface area contributed by atoms with E-state index in [9.17, 15) is 68.7 Å². The number of nitrogens with one attached hydrogen (secondary N) is 11. The number of methoxy groups -OCH3 is 1. The summed E-state index contributed by atoms with van der Waals surface area (Å²) in [5.41, 5.74) is -6.97. The highest BCUT2D eigenvalue weighted by Gasteiger charge is 2.51. The lowest BCUT2D eigenvalue weighted by atomic mass is 9.80. The minimum absolute atomic E-state index is 0.0157. The molecular weight excluding hydrogens is 1590 g/mol. The number of fused-ring (bicyclic) bond motifs is 7. The fourth-order valence-corrected chi connectivity index (χ4v) is 17.3. The van der Waals surface area contributed by atoms with Crippen LogP contribution in [0.2, 0.25) is 0 Å². The van der Waals surface area contributed by atoms with Crippen LogP contribution in [0.3, 0.4) is 0 Å². The Labute approximate surface area is 677 Å². The number of carbonyl (C=O) groups excluding carboxylic acids is 12. The smallest absolute Gasteiger partial charge is 0.357 e. The monoisotopic (exact) mass is 1680 g/mol. The van der Waals surface area contributed by atoms with Crippen LogP contribution in [0.25, 0.3) is 6.08 Å². The first-order valence-corrected chi connectivity index (χ1v) is 40.5. The molecule has 0 saturated carbocycles. The Balaban J connectivity index is 1.17. The van der Waals surface area contributed by atoms with Gasteiger partial charge < -0.3 is 88.2 Å². The van der Waals surface area contributed by atoms with Crippen LogP contribution < -0.4 is 58.5 Å². The van der Waals surface area contributed by atoms with Crippen molar-refractivity contribution in [2.45, 2.75) is 185 Å². The SMILES string of the molecule is C=C(NC(=O)c1csc(C2=NC3c4csc(n4)[C@H]4NC(=O)c5csc(n5)[C@H]([C@](C)(O)[C@H](C)O)NC(=O)[C@H]5CSC(=N5)/C(=C\C)NC(=O)[C@H]([C@@H](C)O)NC(=O)c5csc(n5)[C@]3(CC2)NC(=O)[C@@H](C)NC(=O)C(=C)NC(=O)[C@@H](C)NC(=O)C([C@@H](C)CC)N[C@@H]2C=Cc3c([C@H](C)O)cc(nc3C2O)C(=O)O[C@@H]4C)n1)C(=O)NC(=C)C(=O)OC. The van der Waals surface area contributed by atoms with E-state index < -0.39 is 196 Å². The summed E-state index contributed by atoms with van der Waals surface area (Å²) in [6.45, 7) is 25.0. The molecule has 0 spiro atoms. The number of aliphatic imine (C=N–C) groups is 2. The summed E-state index contributed by atoms with van der Waals surface area (Å²) in [5, 5.41) is 92.4. The van der Waals surface area contributed by atoms with E-state index in [0.29, 0.717) is 6.42 Å². The molecule has 16 N–H and O–H groups in total. The zero-order valence-corrected chi connectivity index (χ0v) is 67.9. The maximum Gasteiger partial charge on any atom is 0.357 e. The Hall–Kier alpha value is -10.5. The number of thiazole rings is 4. The highest BCUT2D eigenvalue weighted by atomic mass is 32.2. The Morgan fingerprint density at radius 2 is 1.45 bits per heavy atom. The van der Waals surface area contributed by atoms with Crippen LogP contribution >= 0.6 is 57.1 Å². The van der Waals surface area contributed by atoms with Gasteiger partial charge in [0.1, 0.15) is 119 Å². The average molecular weight is 1680 g/mol. The molecule has 4 aliphatic heterocycles. The molecule has 42 heteroatoms. The van der Waals surface area contributed by atoms with Gasteiger partial charge in [0.25, 0.3) is 29.5 Å². The van der Waals surface area contributed by atoms with E-state index in [1.54, 1.807) is 26.8 Å². The third-order valence-corrected chi connectivity index (χ3v) is 24.5. The molecule has 3 unspecified atom stereocenters. The number of esters is 2. The van der Waals surface area contributed by atoms with E-state index in [2.05, 4.69) is 103 Å². The fourth-order valence-electron chi connectivity index (χ4n) is 12.4. The van der Waals surface area contributed by atoms with E-state index in [1.165, 1.54) is 88.2 Å². The first-order valence-electron chi connectivity index (χ1n) is 36.0. The van der Waals surface area contributed by atoms with Gasteiger partial charge >= 0.3 is 11.9 Å². The van der Waals surface area contributed by atoms with Gasteiger partial charge in [0, 0.05) is 32.8 Å². The number of ether oxygens (including phenoxy) is 2. The zero-order valence-electron chi connectivity index (χ0n) is 63.9. The topological polar surface area (TPSA) is 546 Å². The van der Waals surface area contributed by atoms with Crippen molar-refractivity contribution in [2.24, 2.45) is 15.9 Å². The van der Waals surface area contributed by atoms with Crippen LogP contribution in [0.5, 0.6) is 0 Å². The van der Waals surface area contributed by atoms with Gasteiger partial charge in [0.05, 0.1) is 71.7 Å². The van der Waals surface area contributed by atoms with Crippen molar-refractivity contribution in [1.82, 2.24) is 83.4 Å². The van der Waals surface area contributed by atoms with Crippen LogP contribution in [0, 0.1) is 5.92 Å². The number of amides is 10. The van der Waals surface area contributed by atoms with Crippen LogP contribution in [-0.4, -0.2) is 205 Å². The second kappa shape index (κ2) is 36.1. The predicted octanol–water partition coefficient (Wildman–Crippen LogP) is 1.46.